The van der Waals surface area contributed by atoms with Gasteiger partial charge in [-0.3, -0.25) is 0 Å². The Labute approximate surface area is 86.2 Å². The van der Waals surface area contributed by atoms with Gasteiger partial charge in [-0.2, -0.15) is 0 Å². The summed E-state index contributed by atoms with van der Waals surface area (Å²) < 4.78 is 15.8. The molecule has 0 radical (unpaired) electrons. The number of hydrogen-bond acceptors (Lipinski definition) is 4. The Hall–Kier alpha value is -0.160. The summed E-state index contributed by atoms with van der Waals surface area (Å²) >= 11 is 0. The smallest absolute Gasteiger partial charge is 0.137 e. The zero-order chi connectivity index (χ0) is 11.2. The Morgan fingerprint density at radius 1 is 1.07 bits per heavy atom. The van der Waals surface area contributed by atoms with Gasteiger partial charge >= 0.3 is 0 Å². The third-order valence-corrected chi connectivity index (χ3v) is 1.90. The van der Waals surface area contributed by atoms with Crippen molar-refractivity contribution in [3.05, 3.63) is 0 Å². The van der Waals surface area contributed by atoms with Crippen molar-refractivity contribution in [1.29, 1.82) is 0 Å². The summed E-state index contributed by atoms with van der Waals surface area (Å²) in [5, 5.41) is 9.22. The van der Waals surface area contributed by atoms with E-state index < -0.39 is 5.60 Å². The molecule has 0 saturated heterocycles. The van der Waals surface area contributed by atoms with Gasteiger partial charge in [-0.25, -0.2) is 0 Å². The van der Waals surface area contributed by atoms with Gasteiger partial charge in [0.25, 0.3) is 0 Å². The molecule has 0 spiro atoms. The lowest BCUT2D eigenvalue weighted by molar-refractivity contribution is -0.158. The minimum absolute atomic E-state index is 0.118. The van der Waals surface area contributed by atoms with E-state index in [1.165, 1.54) is 0 Å². The van der Waals surface area contributed by atoms with E-state index in [1.807, 2.05) is 20.8 Å². The van der Waals surface area contributed by atoms with Crippen LogP contribution in [0.3, 0.4) is 0 Å². The molecule has 0 bridgehead atoms. The molecule has 1 atom stereocenters. The van der Waals surface area contributed by atoms with E-state index >= 15 is 0 Å². The molecule has 0 amide bonds. The maximum Gasteiger partial charge on any atom is 0.137 e. The van der Waals surface area contributed by atoms with Gasteiger partial charge in [0.1, 0.15) is 5.60 Å². The van der Waals surface area contributed by atoms with Crippen LogP contribution in [0.2, 0.25) is 0 Å². The molecule has 4 heteroatoms. The zero-order valence-corrected chi connectivity index (χ0v) is 9.79. The van der Waals surface area contributed by atoms with E-state index in [1.54, 1.807) is 14.2 Å². The van der Waals surface area contributed by atoms with Crippen LogP contribution >= 0.6 is 0 Å². The van der Waals surface area contributed by atoms with Gasteiger partial charge in [-0.1, -0.05) is 0 Å². The maximum absolute atomic E-state index is 9.22. The predicted molar refractivity (Wildman–Crippen MR) is 54.4 cm³/mol. The predicted octanol–water partition coefficient (Wildman–Crippen LogP) is 0.825. The molecule has 86 valence electrons. The van der Waals surface area contributed by atoms with E-state index in [0.29, 0.717) is 13.2 Å². The summed E-state index contributed by atoms with van der Waals surface area (Å²) in [6.07, 6.45) is 0. The van der Waals surface area contributed by atoms with E-state index in [0.717, 1.165) is 0 Å². The summed E-state index contributed by atoms with van der Waals surface area (Å²) in [4.78, 5) is 0. The summed E-state index contributed by atoms with van der Waals surface area (Å²) in [6, 6.07) is 0. The Morgan fingerprint density at radius 2 is 1.64 bits per heavy atom. The van der Waals surface area contributed by atoms with Crippen LogP contribution in [-0.2, 0) is 14.2 Å². The van der Waals surface area contributed by atoms with E-state index in [4.69, 9.17) is 14.2 Å². The van der Waals surface area contributed by atoms with Crippen molar-refractivity contribution < 1.29 is 19.3 Å². The highest BCUT2D eigenvalue weighted by Gasteiger charge is 2.31. The third-order valence-electron chi connectivity index (χ3n) is 1.90. The fourth-order valence-electron chi connectivity index (χ4n) is 0.926. The molecule has 14 heavy (non-hydrogen) atoms. The van der Waals surface area contributed by atoms with Crippen molar-refractivity contribution in [1.82, 2.24) is 0 Å². The molecule has 0 aliphatic rings. The first-order valence-electron chi connectivity index (χ1n) is 4.68. The van der Waals surface area contributed by atoms with Crippen molar-refractivity contribution >= 4 is 0 Å². The lowest BCUT2D eigenvalue weighted by Crippen LogP contribution is -2.47. The molecule has 1 N–H and O–H groups in total. The molecule has 0 aromatic rings. The standard InChI is InChI=1S/C10H22O4/c1-9(2,3)14-8-10(6-11,13-5)7-12-4/h11H,6-8H2,1-5H3. The van der Waals surface area contributed by atoms with Crippen LogP contribution in [0.15, 0.2) is 0 Å². The molecule has 0 rings (SSSR count). The van der Waals surface area contributed by atoms with Gasteiger partial charge in [0.2, 0.25) is 0 Å². The van der Waals surface area contributed by atoms with E-state index in [-0.39, 0.29) is 12.2 Å². The normalized spacial score (nSPS) is 16.7. The lowest BCUT2D eigenvalue weighted by Gasteiger charge is -2.32. The average Bonchev–Trinajstić information content (AvgIpc) is 2.11. The first-order valence-corrected chi connectivity index (χ1v) is 4.68. The molecule has 0 aromatic heterocycles. The molecule has 0 aromatic carbocycles. The second-order valence-electron chi connectivity index (χ2n) is 4.38. The Bertz CT molecular complexity index is 147. The minimum Gasteiger partial charge on any atom is -0.393 e. The second kappa shape index (κ2) is 5.66. The number of ether oxygens (including phenoxy) is 3. The molecular formula is C10H22O4. The molecule has 0 saturated carbocycles. The highest BCUT2D eigenvalue weighted by molar-refractivity contribution is 4.80. The topological polar surface area (TPSA) is 47.9 Å². The van der Waals surface area contributed by atoms with Crippen molar-refractivity contribution in [2.24, 2.45) is 0 Å². The van der Waals surface area contributed by atoms with Crippen molar-refractivity contribution in [2.45, 2.75) is 32.0 Å². The minimum atomic E-state index is -0.748. The Balaban J connectivity index is 4.21. The van der Waals surface area contributed by atoms with Crippen LogP contribution in [0.25, 0.3) is 0 Å². The molecule has 0 fully saturated rings. The molecule has 0 heterocycles. The quantitative estimate of drug-likeness (QED) is 0.699. The number of hydrogen-bond donors (Lipinski definition) is 1. The third kappa shape index (κ3) is 4.91. The molecule has 1 unspecified atom stereocenters. The Kier molecular flexibility index (Phi) is 5.59. The van der Waals surface area contributed by atoms with E-state index in [2.05, 4.69) is 0 Å². The van der Waals surface area contributed by atoms with Crippen LogP contribution < -0.4 is 0 Å². The van der Waals surface area contributed by atoms with Crippen LogP contribution in [0.5, 0.6) is 0 Å². The molecule has 0 aliphatic heterocycles. The lowest BCUT2D eigenvalue weighted by atomic mass is 10.1. The van der Waals surface area contributed by atoms with E-state index in [9.17, 15) is 5.11 Å². The number of methoxy groups -OCH3 is 2. The second-order valence-corrected chi connectivity index (χ2v) is 4.38. The number of rotatable bonds is 6. The molecular weight excluding hydrogens is 184 g/mol. The summed E-state index contributed by atoms with van der Waals surface area (Å²) in [5.41, 5.74) is -0.991. The Morgan fingerprint density at radius 3 is 1.93 bits per heavy atom. The largest absolute Gasteiger partial charge is 0.393 e. The SMILES string of the molecule is COCC(CO)(COC(C)(C)C)OC. The monoisotopic (exact) mass is 206 g/mol. The summed E-state index contributed by atoms with van der Waals surface area (Å²) in [7, 11) is 3.11. The summed E-state index contributed by atoms with van der Waals surface area (Å²) in [6.45, 7) is 6.38. The van der Waals surface area contributed by atoms with Gasteiger partial charge in [-0.15, -0.1) is 0 Å². The van der Waals surface area contributed by atoms with Gasteiger partial charge in [0.05, 0.1) is 25.4 Å². The fourth-order valence-corrected chi connectivity index (χ4v) is 0.926. The van der Waals surface area contributed by atoms with Crippen LogP contribution in [0, 0.1) is 0 Å². The first-order chi connectivity index (χ1) is 6.39. The van der Waals surface area contributed by atoms with Gasteiger partial charge < -0.3 is 19.3 Å². The van der Waals surface area contributed by atoms with Gasteiger partial charge in [0, 0.05) is 14.2 Å². The van der Waals surface area contributed by atoms with Crippen molar-refractivity contribution in [3.8, 4) is 0 Å². The average molecular weight is 206 g/mol. The number of aliphatic hydroxyl groups is 1. The van der Waals surface area contributed by atoms with Crippen LogP contribution in [0.1, 0.15) is 20.8 Å². The molecule has 0 aliphatic carbocycles. The van der Waals surface area contributed by atoms with Crippen LogP contribution in [0.4, 0.5) is 0 Å². The van der Waals surface area contributed by atoms with Gasteiger partial charge in [0.15, 0.2) is 0 Å². The maximum atomic E-state index is 9.22. The van der Waals surface area contributed by atoms with Gasteiger partial charge in [-0.05, 0) is 20.8 Å². The highest BCUT2D eigenvalue weighted by Crippen LogP contribution is 2.15. The molecule has 4 nitrogen and oxygen atoms in total. The first kappa shape index (κ1) is 13.8. The van der Waals surface area contributed by atoms with Crippen molar-refractivity contribution in [2.75, 3.05) is 34.0 Å². The van der Waals surface area contributed by atoms with Crippen LogP contribution in [-0.4, -0.2) is 50.3 Å². The van der Waals surface area contributed by atoms with Crippen molar-refractivity contribution in [3.63, 3.8) is 0 Å². The summed E-state index contributed by atoms with van der Waals surface area (Å²) in [5.74, 6) is 0. The number of aliphatic hydroxyl groups excluding tert-OH is 1. The highest BCUT2D eigenvalue weighted by atomic mass is 16.6. The zero-order valence-electron chi connectivity index (χ0n) is 9.79. The fraction of sp³-hybridized carbons (Fsp3) is 1.00.